The van der Waals surface area contributed by atoms with Crippen molar-refractivity contribution in [2.45, 2.75) is 20.4 Å². The van der Waals surface area contributed by atoms with Gasteiger partial charge in [0.1, 0.15) is 0 Å². The van der Waals surface area contributed by atoms with Crippen molar-refractivity contribution >= 4 is 15.9 Å². The molecule has 1 heterocycles. The molecule has 16 heavy (non-hydrogen) atoms. The largest absolute Gasteiger partial charge is 0.325 e. The van der Waals surface area contributed by atoms with E-state index >= 15 is 0 Å². The number of rotatable bonds is 2. The van der Waals surface area contributed by atoms with Crippen LogP contribution in [0.5, 0.6) is 0 Å². The molecule has 5 heteroatoms. The Balaban J connectivity index is 2.54. The molecule has 84 valence electrons. The first-order valence-electron chi connectivity index (χ1n) is 5.01. The van der Waals surface area contributed by atoms with Crippen LogP contribution in [-0.4, -0.2) is 15.0 Å². The third-order valence-corrected chi connectivity index (χ3v) is 3.06. The quantitative estimate of drug-likeness (QED) is 0.917. The van der Waals surface area contributed by atoms with Crippen molar-refractivity contribution in [2.75, 3.05) is 0 Å². The fraction of sp³-hybridized carbons (Fsp3) is 0.273. The molecule has 1 aromatic carbocycles. The predicted octanol–water partition coefficient (Wildman–Crippen LogP) is 2.11. The summed E-state index contributed by atoms with van der Waals surface area (Å²) < 4.78 is 2.88. The smallest absolute Gasteiger partial charge is 0.0996 e. The minimum atomic E-state index is 0.418. The van der Waals surface area contributed by atoms with Crippen molar-refractivity contribution < 1.29 is 0 Å². The van der Waals surface area contributed by atoms with Crippen LogP contribution >= 0.6 is 15.9 Å². The van der Waals surface area contributed by atoms with Crippen molar-refractivity contribution in [3.05, 3.63) is 39.6 Å². The second-order valence-corrected chi connectivity index (χ2v) is 4.58. The lowest BCUT2D eigenvalue weighted by Crippen LogP contribution is -2.03. The lowest BCUT2D eigenvalue weighted by molar-refractivity contribution is 0.778. The molecule has 2 N–H and O–H groups in total. The Hall–Kier alpha value is -1.20. The van der Waals surface area contributed by atoms with Gasteiger partial charge in [-0.25, -0.2) is 4.68 Å². The van der Waals surface area contributed by atoms with E-state index in [0.717, 1.165) is 27.1 Å². The number of hydrogen-bond acceptors (Lipinski definition) is 3. The van der Waals surface area contributed by atoms with Gasteiger partial charge in [-0.05, 0) is 37.6 Å². The zero-order valence-electron chi connectivity index (χ0n) is 9.24. The van der Waals surface area contributed by atoms with Crippen LogP contribution in [0, 0.1) is 13.8 Å². The van der Waals surface area contributed by atoms with Gasteiger partial charge in [0.05, 0.1) is 17.1 Å². The van der Waals surface area contributed by atoms with E-state index in [9.17, 15) is 0 Å². The number of halogens is 1. The first-order chi connectivity index (χ1) is 7.63. The summed E-state index contributed by atoms with van der Waals surface area (Å²) in [7, 11) is 0. The van der Waals surface area contributed by atoms with Crippen molar-refractivity contribution in [1.82, 2.24) is 15.0 Å². The molecule has 4 nitrogen and oxygen atoms in total. The van der Waals surface area contributed by atoms with Crippen molar-refractivity contribution in [3.8, 4) is 5.69 Å². The average Bonchev–Trinajstić information content (AvgIpc) is 2.60. The van der Waals surface area contributed by atoms with Gasteiger partial charge in [0, 0.05) is 11.0 Å². The molecule has 0 aliphatic heterocycles. The molecule has 0 atom stereocenters. The number of benzene rings is 1. The minimum absolute atomic E-state index is 0.418. The van der Waals surface area contributed by atoms with Crippen LogP contribution in [0.25, 0.3) is 5.69 Å². The molecule has 0 saturated heterocycles. The van der Waals surface area contributed by atoms with Gasteiger partial charge in [-0.1, -0.05) is 21.1 Å². The van der Waals surface area contributed by atoms with Gasteiger partial charge in [-0.2, -0.15) is 0 Å². The first kappa shape index (κ1) is 11.3. The van der Waals surface area contributed by atoms with Gasteiger partial charge in [0.25, 0.3) is 0 Å². The highest BCUT2D eigenvalue weighted by Crippen LogP contribution is 2.20. The highest BCUT2D eigenvalue weighted by atomic mass is 79.9. The lowest BCUT2D eigenvalue weighted by Gasteiger charge is -2.07. The van der Waals surface area contributed by atoms with E-state index in [2.05, 4.69) is 32.3 Å². The predicted molar refractivity (Wildman–Crippen MR) is 66.4 cm³/mol. The SMILES string of the molecule is Cc1cc(Br)ccc1-n1nnc(CN)c1C. The van der Waals surface area contributed by atoms with E-state index in [-0.39, 0.29) is 0 Å². The summed E-state index contributed by atoms with van der Waals surface area (Å²) in [6.45, 7) is 4.44. The fourth-order valence-corrected chi connectivity index (χ4v) is 2.11. The zero-order chi connectivity index (χ0) is 11.7. The second kappa shape index (κ2) is 4.35. The molecule has 0 fully saturated rings. The molecule has 2 aromatic rings. The van der Waals surface area contributed by atoms with Gasteiger partial charge < -0.3 is 5.73 Å². The van der Waals surface area contributed by atoms with Crippen LogP contribution in [0.15, 0.2) is 22.7 Å². The number of nitrogens with zero attached hydrogens (tertiary/aromatic N) is 3. The maximum Gasteiger partial charge on any atom is 0.0996 e. The van der Waals surface area contributed by atoms with Gasteiger partial charge >= 0.3 is 0 Å². The Labute approximate surface area is 103 Å². The molecule has 0 bridgehead atoms. The van der Waals surface area contributed by atoms with Crippen LogP contribution in [0.2, 0.25) is 0 Å². The number of nitrogens with two attached hydrogens (primary N) is 1. The minimum Gasteiger partial charge on any atom is -0.325 e. The Morgan fingerprint density at radius 1 is 1.38 bits per heavy atom. The summed E-state index contributed by atoms with van der Waals surface area (Å²) in [6.07, 6.45) is 0. The number of aryl methyl sites for hydroxylation is 1. The summed E-state index contributed by atoms with van der Waals surface area (Å²) in [5.74, 6) is 0. The molecule has 0 unspecified atom stereocenters. The molecule has 0 aliphatic rings. The highest BCUT2D eigenvalue weighted by Gasteiger charge is 2.10. The van der Waals surface area contributed by atoms with Crippen LogP contribution in [0.1, 0.15) is 17.0 Å². The van der Waals surface area contributed by atoms with Gasteiger partial charge in [-0.15, -0.1) is 5.10 Å². The number of aromatic nitrogens is 3. The van der Waals surface area contributed by atoms with E-state index < -0.39 is 0 Å². The summed E-state index contributed by atoms with van der Waals surface area (Å²) in [4.78, 5) is 0. The monoisotopic (exact) mass is 280 g/mol. The first-order valence-corrected chi connectivity index (χ1v) is 5.80. The Bertz CT molecular complexity index is 519. The summed E-state index contributed by atoms with van der Waals surface area (Å²) in [5.41, 5.74) is 9.59. The van der Waals surface area contributed by atoms with Gasteiger partial charge in [0.15, 0.2) is 0 Å². The topological polar surface area (TPSA) is 56.7 Å². The summed E-state index contributed by atoms with van der Waals surface area (Å²) in [6, 6.07) is 6.06. The molecule has 0 radical (unpaired) electrons. The number of hydrogen-bond donors (Lipinski definition) is 1. The maximum atomic E-state index is 5.58. The van der Waals surface area contributed by atoms with Crippen molar-refractivity contribution in [3.63, 3.8) is 0 Å². The normalized spacial score (nSPS) is 10.8. The second-order valence-electron chi connectivity index (χ2n) is 3.67. The van der Waals surface area contributed by atoms with E-state index in [1.165, 1.54) is 0 Å². The molecular formula is C11H13BrN4. The summed E-state index contributed by atoms with van der Waals surface area (Å²) in [5, 5.41) is 8.17. The van der Waals surface area contributed by atoms with Crippen LogP contribution < -0.4 is 5.73 Å². The summed E-state index contributed by atoms with van der Waals surface area (Å²) >= 11 is 3.44. The van der Waals surface area contributed by atoms with Crippen LogP contribution in [0.3, 0.4) is 0 Å². The standard InChI is InChI=1S/C11H13BrN4/c1-7-5-9(12)3-4-11(7)16-8(2)10(6-13)14-15-16/h3-5H,6,13H2,1-2H3. The molecule has 0 amide bonds. The maximum absolute atomic E-state index is 5.58. The van der Waals surface area contributed by atoms with Crippen LogP contribution in [0.4, 0.5) is 0 Å². The Morgan fingerprint density at radius 2 is 2.12 bits per heavy atom. The Morgan fingerprint density at radius 3 is 2.69 bits per heavy atom. The molecule has 0 saturated carbocycles. The molecule has 1 aromatic heterocycles. The van der Waals surface area contributed by atoms with E-state index in [0.29, 0.717) is 6.54 Å². The van der Waals surface area contributed by atoms with Gasteiger partial charge in [0.2, 0.25) is 0 Å². The van der Waals surface area contributed by atoms with Crippen LogP contribution in [-0.2, 0) is 6.54 Å². The molecule has 0 aliphatic carbocycles. The van der Waals surface area contributed by atoms with E-state index in [1.54, 1.807) is 0 Å². The fourth-order valence-electron chi connectivity index (χ4n) is 1.63. The third-order valence-electron chi connectivity index (χ3n) is 2.57. The van der Waals surface area contributed by atoms with Gasteiger partial charge in [-0.3, -0.25) is 0 Å². The van der Waals surface area contributed by atoms with E-state index in [1.807, 2.05) is 30.7 Å². The average molecular weight is 281 g/mol. The molecular weight excluding hydrogens is 268 g/mol. The molecule has 0 spiro atoms. The zero-order valence-corrected chi connectivity index (χ0v) is 10.8. The van der Waals surface area contributed by atoms with E-state index in [4.69, 9.17) is 5.73 Å². The van der Waals surface area contributed by atoms with Crippen molar-refractivity contribution in [2.24, 2.45) is 5.73 Å². The molecule has 2 rings (SSSR count). The lowest BCUT2D eigenvalue weighted by atomic mass is 10.2. The highest BCUT2D eigenvalue weighted by molar-refractivity contribution is 9.10. The Kier molecular flexibility index (Phi) is 3.07. The third kappa shape index (κ3) is 1.88. The van der Waals surface area contributed by atoms with Crippen molar-refractivity contribution in [1.29, 1.82) is 0 Å².